The maximum absolute atomic E-state index is 13.8. The Morgan fingerprint density at radius 1 is 1.10 bits per heavy atom. The Balaban J connectivity index is 1.57. The van der Waals surface area contributed by atoms with E-state index in [0.717, 1.165) is 32.6 Å². The van der Waals surface area contributed by atoms with Gasteiger partial charge in [-0.1, -0.05) is 36.4 Å². The van der Waals surface area contributed by atoms with Crippen molar-refractivity contribution in [1.29, 1.82) is 0 Å². The van der Waals surface area contributed by atoms with E-state index in [0.29, 0.717) is 6.42 Å². The van der Waals surface area contributed by atoms with Gasteiger partial charge in [-0.3, -0.25) is 9.59 Å². The minimum atomic E-state index is -0.941. The fourth-order valence-electron chi connectivity index (χ4n) is 4.43. The zero-order chi connectivity index (χ0) is 21.5. The number of esters is 1. The van der Waals surface area contributed by atoms with Crippen molar-refractivity contribution in [1.82, 2.24) is 4.98 Å². The monoisotopic (exact) mass is 433 g/mol. The molecule has 156 valence electrons. The van der Waals surface area contributed by atoms with Crippen molar-refractivity contribution in [2.24, 2.45) is 5.92 Å². The van der Waals surface area contributed by atoms with E-state index in [9.17, 15) is 14.0 Å². The van der Waals surface area contributed by atoms with Gasteiger partial charge in [0.05, 0.1) is 5.92 Å². The molecule has 0 aliphatic carbocycles. The normalized spacial score (nSPS) is 19.7. The highest BCUT2D eigenvalue weighted by molar-refractivity contribution is 7.10. The number of thiophene rings is 1. The van der Waals surface area contributed by atoms with Crippen molar-refractivity contribution in [2.45, 2.75) is 25.4 Å². The molecule has 2 aromatic carbocycles. The van der Waals surface area contributed by atoms with Crippen LogP contribution in [0.3, 0.4) is 0 Å². The topological polar surface area (TPSA) is 59.2 Å². The Labute approximate surface area is 182 Å². The molecule has 5 rings (SSSR count). The SMILES string of the molecule is Cc1c(C(c2cccs2)C2C(=O)OC(Cc3ccccc3)C2=O)[nH]c2ccc(F)cc12. The molecule has 0 radical (unpaired) electrons. The number of aromatic amines is 1. The summed E-state index contributed by atoms with van der Waals surface area (Å²) in [5, 5.41) is 2.67. The summed E-state index contributed by atoms with van der Waals surface area (Å²) in [6.07, 6.45) is -0.444. The number of carbonyl (C=O) groups excluding carboxylic acids is 2. The maximum Gasteiger partial charge on any atom is 0.318 e. The molecule has 0 amide bonds. The molecule has 3 unspecified atom stereocenters. The summed E-state index contributed by atoms with van der Waals surface area (Å²) in [6.45, 7) is 1.89. The van der Waals surface area contributed by atoms with Crippen LogP contribution in [0.1, 0.15) is 27.6 Å². The molecule has 0 bridgehead atoms. The molecule has 6 heteroatoms. The van der Waals surface area contributed by atoms with Gasteiger partial charge >= 0.3 is 5.97 Å². The minimum absolute atomic E-state index is 0.212. The molecule has 1 aliphatic rings. The summed E-state index contributed by atoms with van der Waals surface area (Å²) in [6, 6.07) is 17.9. The lowest BCUT2D eigenvalue weighted by molar-refractivity contribution is -0.144. The highest BCUT2D eigenvalue weighted by Gasteiger charge is 2.49. The smallest absolute Gasteiger partial charge is 0.318 e. The first-order valence-corrected chi connectivity index (χ1v) is 11.0. The van der Waals surface area contributed by atoms with Gasteiger partial charge in [0.2, 0.25) is 0 Å². The van der Waals surface area contributed by atoms with Crippen molar-refractivity contribution >= 4 is 34.0 Å². The van der Waals surface area contributed by atoms with E-state index in [1.165, 1.54) is 23.5 Å². The third-order valence-electron chi connectivity index (χ3n) is 5.95. The van der Waals surface area contributed by atoms with Crippen LogP contribution in [0, 0.1) is 18.7 Å². The number of ketones is 1. The summed E-state index contributed by atoms with van der Waals surface area (Å²) in [7, 11) is 0. The molecule has 4 aromatic rings. The standard InChI is InChI=1S/C25H20FNO3S/c1-14-17-13-16(26)9-10-18(17)27-23(14)21(20-8-5-11-31-20)22-24(28)19(30-25(22)29)12-15-6-3-2-4-7-15/h2-11,13,19,21-22,27H,12H2,1H3. The number of aromatic nitrogens is 1. The Hall–Kier alpha value is -3.25. The van der Waals surface area contributed by atoms with Gasteiger partial charge in [0, 0.05) is 27.9 Å². The fourth-order valence-corrected chi connectivity index (χ4v) is 5.30. The van der Waals surface area contributed by atoms with Crippen molar-refractivity contribution < 1.29 is 18.7 Å². The third kappa shape index (κ3) is 3.47. The Morgan fingerprint density at radius 3 is 2.65 bits per heavy atom. The number of benzene rings is 2. The molecule has 3 heterocycles. The second kappa shape index (κ2) is 7.78. The van der Waals surface area contributed by atoms with E-state index in [1.807, 2.05) is 54.8 Å². The van der Waals surface area contributed by atoms with Crippen LogP contribution in [0.4, 0.5) is 4.39 Å². The Bertz CT molecular complexity index is 1260. The van der Waals surface area contributed by atoms with Crippen LogP contribution in [0.15, 0.2) is 66.0 Å². The lowest BCUT2D eigenvalue weighted by atomic mass is 9.83. The molecule has 1 aliphatic heterocycles. The van der Waals surface area contributed by atoms with Crippen molar-refractivity contribution in [3.63, 3.8) is 0 Å². The average Bonchev–Trinajstić information content (AvgIpc) is 3.46. The van der Waals surface area contributed by atoms with Crippen LogP contribution in [0.2, 0.25) is 0 Å². The van der Waals surface area contributed by atoms with Crippen molar-refractivity contribution in [3.8, 4) is 0 Å². The number of hydrogen-bond donors (Lipinski definition) is 1. The van der Waals surface area contributed by atoms with Gasteiger partial charge in [0.15, 0.2) is 11.9 Å². The largest absolute Gasteiger partial charge is 0.453 e. The molecule has 0 saturated carbocycles. The number of halogens is 1. The molecule has 1 fully saturated rings. The second-order valence-corrected chi connectivity index (χ2v) is 8.82. The van der Waals surface area contributed by atoms with E-state index in [2.05, 4.69) is 4.98 Å². The van der Waals surface area contributed by atoms with Crippen LogP contribution < -0.4 is 0 Å². The van der Waals surface area contributed by atoms with Crippen molar-refractivity contribution in [2.75, 3.05) is 0 Å². The first-order chi connectivity index (χ1) is 15.0. The molecule has 4 nitrogen and oxygen atoms in total. The average molecular weight is 434 g/mol. The van der Waals surface area contributed by atoms with Crippen LogP contribution in [0.25, 0.3) is 10.9 Å². The number of Topliss-reactive ketones (excluding diaryl/α,β-unsaturated/α-hetero) is 1. The highest BCUT2D eigenvalue weighted by atomic mass is 32.1. The highest BCUT2D eigenvalue weighted by Crippen LogP contribution is 2.42. The lowest BCUT2D eigenvalue weighted by Crippen LogP contribution is -2.28. The Kier molecular flexibility index (Phi) is 4.94. The lowest BCUT2D eigenvalue weighted by Gasteiger charge is -2.19. The van der Waals surface area contributed by atoms with Gasteiger partial charge in [0.1, 0.15) is 11.7 Å². The summed E-state index contributed by atoms with van der Waals surface area (Å²) in [5.41, 5.74) is 3.30. The molecular weight excluding hydrogens is 413 g/mol. The number of H-pyrrole nitrogens is 1. The number of ether oxygens (including phenoxy) is 1. The van der Waals surface area contributed by atoms with Crippen LogP contribution in [-0.2, 0) is 20.7 Å². The summed E-state index contributed by atoms with van der Waals surface area (Å²) in [5.74, 6) is -2.49. The zero-order valence-electron chi connectivity index (χ0n) is 16.8. The molecule has 1 N–H and O–H groups in total. The van der Waals surface area contributed by atoms with E-state index < -0.39 is 23.9 Å². The fraction of sp³-hybridized carbons (Fsp3) is 0.200. The van der Waals surface area contributed by atoms with Crippen LogP contribution >= 0.6 is 11.3 Å². The van der Waals surface area contributed by atoms with Gasteiger partial charge in [-0.05, 0) is 47.7 Å². The zero-order valence-corrected chi connectivity index (χ0v) is 17.6. The number of cyclic esters (lactones) is 1. The van der Waals surface area contributed by atoms with Gasteiger partial charge < -0.3 is 9.72 Å². The third-order valence-corrected chi connectivity index (χ3v) is 6.91. The first kappa shape index (κ1) is 19.7. The number of rotatable bonds is 5. The van der Waals surface area contributed by atoms with E-state index in [4.69, 9.17) is 4.74 Å². The minimum Gasteiger partial charge on any atom is -0.453 e. The molecule has 2 aromatic heterocycles. The van der Waals surface area contributed by atoms with Gasteiger partial charge in [-0.15, -0.1) is 11.3 Å². The first-order valence-electron chi connectivity index (χ1n) is 10.1. The molecule has 3 atom stereocenters. The number of nitrogens with one attached hydrogen (secondary N) is 1. The summed E-state index contributed by atoms with van der Waals surface area (Å²) < 4.78 is 19.4. The van der Waals surface area contributed by atoms with Gasteiger partial charge in [-0.2, -0.15) is 0 Å². The van der Waals surface area contributed by atoms with Gasteiger partial charge in [-0.25, -0.2) is 4.39 Å². The molecule has 0 spiro atoms. The summed E-state index contributed by atoms with van der Waals surface area (Å²) in [4.78, 5) is 30.6. The number of aryl methyl sites for hydroxylation is 1. The number of carbonyl (C=O) groups is 2. The quantitative estimate of drug-likeness (QED) is 0.349. The van der Waals surface area contributed by atoms with Crippen LogP contribution in [-0.4, -0.2) is 22.8 Å². The van der Waals surface area contributed by atoms with Gasteiger partial charge in [0.25, 0.3) is 0 Å². The molecule has 31 heavy (non-hydrogen) atoms. The second-order valence-electron chi connectivity index (χ2n) is 7.84. The van der Waals surface area contributed by atoms with Crippen molar-refractivity contribution in [3.05, 3.63) is 93.6 Å². The summed E-state index contributed by atoms with van der Waals surface area (Å²) >= 11 is 1.49. The molecular formula is C25H20FNO3S. The van der Waals surface area contributed by atoms with E-state index in [-0.39, 0.29) is 11.6 Å². The van der Waals surface area contributed by atoms with Crippen LogP contribution in [0.5, 0.6) is 0 Å². The predicted octanol–water partition coefficient (Wildman–Crippen LogP) is 5.16. The number of fused-ring (bicyclic) bond motifs is 1. The van der Waals surface area contributed by atoms with E-state index >= 15 is 0 Å². The Morgan fingerprint density at radius 2 is 1.90 bits per heavy atom. The maximum atomic E-state index is 13.8. The predicted molar refractivity (Wildman–Crippen MR) is 118 cm³/mol. The molecule has 1 saturated heterocycles. The van der Waals surface area contributed by atoms with E-state index in [1.54, 1.807) is 6.07 Å². The number of hydrogen-bond acceptors (Lipinski definition) is 4.